The average molecular weight is 314 g/mol. The van der Waals surface area contributed by atoms with E-state index in [0.29, 0.717) is 5.56 Å². The van der Waals surface area contributed by atoms with Gasteiger partial charge >= 0.3 is 0 Å². The van der Waals surface area contributed by atoms with Crippen LogP contribution in [0, 0.1) is 6.92 Å². The lowest BCUT2D eigenvalue weighted by Gasteiger charge is -2.21. The van der Waals surface area contributed by atoms with Crippen molar-refractivity contribution in [2.75, 3.05) is 18.4 Å². The summed E-state index contributed by atoms with van der Waals surface area (Å²) in [6.45, 7) is 7.34. The summed E-state index contributed by atoms with van der Waals surface area (Å²) in [5, 5.41) is 9.03. The van der Waals surface area contributed by atoms with E-state index in [0.717, 1.165) is 42.6 Å². The summed E-state index contributed by atoms with van der Waals surface area (Å²) < 4.78 is 0. The molecule has 4 nitrogen and oxygen atoms in total. The molecule has 1 aromatic heterocycles. The maximum absolute atomic E-state index is 12.5. The highest BCUT2D eigenvalue weighted by atomic mass is 79.9. The van der Waals surface area contributed by atoms with Crippen LogP contribution < -0.4 is 0 Å². The number of hydrogen-bond donors (Lipinski definition) is 0. The molecule has 0 saturated heterocycles. The molecule has 18 heavy (non-hydrogen) atoms. The summed E-state index contributed by atoms with van der Waals surface area (Å²) in [5.41, 5.74) is 2.26. The van der Waals surface area contributed by atoms with Gasteiger partial charge in [0.2, 0.25) is 0 Å². The van der Waals surface area contributed by atoms with E-state index in [4.69, 9.17) is 0 Å². The number of aryl methyl sites for hydroxylation is 2. The van der Waals surface area contributed by atoms with Crippen molar-refractivity contribution in [1.82, 2.24) is 15.1 Å². The summed E-state index contributed by atoms with van der Waals surface area (Å²) >= 11 is 3.39. The van der Waals surface area contributed by atoms with Crippen LogP contribution in [0.25, 0.3) is 0 Å². The van der Waals surface area contributed by atoms with Crippen LogP contribution >= 0.6 is 15.9 Å². The summed E-state index contributed by atoms with van der Waals surface area (Å²) in [6.07, 6.45) is 1.68. The first-order valence-corrected chi connectivity index (χ1v) is 7.44. The average Bonchev–Trinajstić information content (AvgIpc) is 2.39. The molecule has 0 saturated carbocycles. The first-order valence-electron chi connectivity index (χ1n) is 6.32. The van der Waals surface area contributed by atoms with Gasteiger partial charge in [0.05, 0.1) is 17.0 Å². The van der Waals surface area contributed by atoms with Crippen molar-refractivity contribution < 1.29 is 4.79 Å². The minimum atomic E-state index is 0.0632. The zero-order valence-electron chi connectivity index (χ0n) is 11.2. The fraction of sp³-hybridized carbons (Fsp3) is 0.615. The largest absolute Gasteiger partial charge is 0.339 e. The maximum Gasteiger partial charge on any atom is 0.255 e. The van der Waals surface area contributed by atoms with Gasteiger partial charge in [-0.05, 0) is 32.8 Å². The number of rotatable bonds is 6. The maximum atomic E-state index is 12.5. The quantitative estimate of drug-likeness (QED) is 0.758. The minimum Gasteiger partial charge on any atom is -0.339 e. The standard InChI is InChI=1S/C13H20BrN3O/c1-4-12-11(9-10(3)15-16-12)13(18)17(5-2)8-6-7-14/h9H,4-8H2,1-3H3. The molecule has 0 fully saturated rings. The third-order valence-electron chi connectivity index (χ3n) is 2.79. The van der Waals surface area contributed by atoms with E-state index in [1.54, 1.807) is 0 Å². The van der Waals surface area contributed by atoms with Crippen LogP contribution in [-0.2, 0) is 6.42 Å². The Bertz CT molecular complexity index is 409. The molecule has 0 aliphatic rings. The molecule has 0 aliphatic heterocycles. The lowest BCUT2D eigenvalue weighted by atomic mass is 10.1. The number of hydrogen-bond acceptors (Lipinski definition) is 3. The van der Waals surface area contributed by atoms with E-state index in [1.807, 2.05) is 31.7 Å². The molecule has 5 heteroatoms. The molecular formula is C13H20BrN3O. The highest BCUT2D eigenvalue weighted by molar-refractivity contribution is 9.09. The van der Waals surface area contributed by atoms with Crippen molar-refractivity contribution in [2.24, 2.45) is 0 Å². The number of alkyl halides is 1. The predicted molar refractivity (Wildman–Crippen MR) is 76.1 cm³/mol. The van der Waals surface area contributed by atoms with Crippen LogP contribution in [-0.4, -0.2) is 39.4 Å². The lowest BCUT2D eigenvalue weighted by Crippen LogP contribution is -2.33. The van der Waals surface area contributed by atoms with E-state index < -0.39 is 0 Å². The molecule has 0 aliphatic carbocycles. The van der Waals surface area contributed by atoms with Crippen molar-refractivity contribution >= 4 is 21.8 Å². The molecular weight excluding hydrogens is 294 g/mol. The van der Waals surface area contributed by atoms with Crippen LogP contribution in [0.3, 0.4) is 0 Å². The molecule has 1 rings (SSSR count). The van der Waals surface area contributed by atoms with E-state index >= 15 is 0 Å². The van der Waals surface area contributed by atoms with Gasteiger partial charge in [-0.25, -0.2) is 0 Å². The number of aromatic nitrogens is 2. The van der Waals surface area contributed by atoms with Crippen LogP contribution in [0.5, 0.6) is 0 Å². The van der Waals surface area contributed by atoms with Crippen molar-refractivity contribution in [3.05, 3.63) is 23.0 Å². The number of nitrogens with zero attached hydrogens (tertiary/aromatic N) is 3. The molecule has 0 aromatic carbocycles. The molecule has 1 aromatic rings. The number of halogens is 1. The van der Waals surface area contributed by atoms with Gasteiger partial charge < -0.3 is 4.90 Å². The fourth-order valence-electron chi connectivity index (χ4n) is 1.78. The third-order valence-corrected chi connectivity index (χ3v) is 3.35. The van der Waals surface area contributed by atoms with Crippen LogP contribution in [0.15, 0.2) is 6.07 Å². The molecule has 0 unspecified atom stereocenters. The highest BCUT2D eigenvalue weighted by Crippen LogP contribution is 2.11. The van der Waals surface area contributed by atoms with Crippen molar-refractivity contribution in [3.63, 3.8) is 0 Å². The summed E-state index contributed by atoms with van der Waals surface area (Å²) in [7, 11) is 0. The van der Waals surface area contributed by atoms with E-state index in [-0.39, 0.29) is 5.91 Å². The zero-order chi connectivity index (χ0) is 13.5. The highest BCUT2D eigenvalue weighted by Gasteiger charge is 2.18. The van der Waals surface area contributed by atoms with Crippen molar-refractivity contribution in [2.45, 2.75) is 33.6 Å². The van der Waals surface area contributed by atoms with Gasteiger partial charge in [-0.2, -0.15) is 10.2 Å². The smallest absolute Gasteiger partial charge is 0.255 e. The number of carbonyl (C=O) groups is 1. The Morgan fingerprint density at radius 2 is 2.11 bits per heavy atom. The van der Waals surface area contributed by atoms with Gasteiger partial charge in [0, 0.05) is 18.4 Å². The Morgan fingerprint density at radius 1 is 1.39 bits per heavy atom. The molecule has 1 heterocycles. The van der Waals surface area contributed by atoms with Crippen LogP contribution in [0.1, 0.15) is 42.0 Å². The molecule has 0 bridgehead atoms. The lowest BCUT2D eigenvalue weighted by molar-refractivity contribution is 0.0763. The van der Waals surface area contributed by atoms with Crippen LogP contribution in [0.2, 0.25) is 0 Å². The SMILES string of the molecule is CCc1nnc(C)cc1C(=O)N(CC)CCCBr. The summed E-state index contributed by atoms with van der Waals surface area (Å²) in [5.74, 6) is 0.0632. The second kappa shape index (κ2) is 7.46. The van der Waals surface area contributed by atoms with E-state index in [1.165, 1.54) is 0 Å². The van der Waals surface area contributed by atoms with E-state index in [9.17, 15) is 4.79 Å². The van der Waals surface area contributed by atoms with Crippen molar-refractivity contribution in [3.8, 4) is 0 Å². The number of amides is 1. The Hall–Kier alpha value is -0.970. The molecule has 0 N–H and O–H groups in total. The Balaban J connectivity index is 2.96. The van der Waals surface area contributed by atoms with Crippen molar-refractivity contribution in [1.29, 1.82) is 0 Å². The predicted octanol–water partition coefficient (Wildman–Crippen LogP) is 2.59. The van der Waals surface area contributed by atoms with Gasteiger partial charge in [0.1, 0.15) is 0 Å². The monoisotopic (exact) mass is 313 g/mol. The molecule has 100 valence electrons. The first-order chi connectivity index (χ1) is 8.63. The Morgan fingerprint density at radius 3 is 2.67 bits per heavy atom. The van der Waals surface area contributed by atoms with E-state index in [2.05, 4.69) is 26.1 Å². The molecule has 0 atom stereocenters. The van der Waals surface area contributed by atoms with Gasteiger partial charge in [0.25, 0.3) is 5.91 Å². The minimum absolute atomic E-state index is 0.0632. The Kier molecular flexibility index (Phi) is 6.25. The molecule has 1 amide bonds. The second-order valence-electron chi connectivity index (χ2n) is 4.13. The molecule has 0 radical (unpaired) electrons. The zero-order valence-corrected chi connectivity index (χ0v) is 12.8. The fourth-order valence-corrected chi connectivity index (χ4v) is 2.04. The van der Waals surface area contributed by atoms with Crippen LogP contribution in [0.4, 0.5) is 0 Å². The van der Waals surface area contributed by atoms with Gasteiger partial charge in [-0.3, -0.25) is 4.79 Å². The first kappa shape index (κ1) is 15.1. The summed E-state index contributed by atoms with van der Waals surface area (Å²) in [6, 6.07) is 1.84. The second-order valence-corrected chi connectivity index (χ2v) is 4.92. The van der Waals surface area contributed by atoms with Gasteiger partial charge in [0.15, 0.2) is 0 Å². The Labute approximate surface area is 117 Å². The number of carbonyl (C=O) groups excluding carboxylic acids is 1. The third kappa shape index (κ3) is 3.77. The van der Waals surface area contributed by atoms with Gasteiger partial charge in [-0.15, -0.1) is 0 Å². The topological polar surface area (TPSA) is 46.1 Å². The normalized spacial score (nSPS) is 10.4. The van der Waals surface area contributed by atoms with Gasteiger partial charge in [-0.1, -0.05) is 22.9 Å². The molecule has 0 spiro atoms. The summed E-state index contributed by atoms with van der Waals surface area (Å²) in [4.78, 5) is 14.3.